The van der Waals surface area contributed by atoms with E-state index in [1.165, 1.54) is 4.90 Å². The number of hydrogen-bond acceptors (Lipinski definition) is 5. The first-order valence-electron chi connectivity index (χ1n) is 13.7. The highest BCUT2D eigenvalue weighted by Crippen LogP contribution is 2.56. The second kappa shape index (κ2) is 7.96. The number of rotatable bonds is 2. The lowest BCUT2D eigenvalue weighted by Gasteiger charge is -2.32. The Kier molecular flexibility index (Phi) is 4.63. The largest absolute Gasteiger partial charge is 0.296 e. The number of fused-ring (bicyclic) bond motifs is 9. The molecule has 1 spiro atoms. The molecule has 40 heavy (non-hydrogen) atoms. The van der Waals surface area contributed by atoms with E-state index in [9.17, 15) is 14.4 Å². The Labute approximate surface area is 230 Å². The zero-order valence-electron chi connectivity index (χ0n) is 22.0. The van der Waals surface area contributed by atoms with Crippen LogP contribution in [0.5, 0.6) is 0 Å². The fourth-order valence-corrected chi connectivity index (χ4v) is 7.29. The van der Waals surface area contributed by atoms with Gasteiger partial charge in [-0.2, -0.15) is 0 Å². The lowest BCUT2D eigenvalue weighted by molar-refractivity contribution is -0.123. The van der Waals surface area contributed by atoms with Crippen LogP contribution in [0.1, 0.15) is 25.2 Å². The highest BCUT2D eigenvalue weighted by atomic mass is 16.2. The molecule has 0 unspecified atom stereocenters. The molecule has 0 aliphatic carbocycles. The third-order valence-corrected chi connectivity index (χ3v) is 9.01. The van der Waals surface area contributed by atoms with Gasteiger partial charge in [-0.05, 0) is 47.0 Å². The third kappa shape index (κ3) is 2.77. The van der Waals surface area contributed by atoms with Crippen LogP contribution in [0.4, 0.5) is 5.69 Å². The summed E-state index contributed by atoms with van der Waals surface area (Å²) in [6, 6.07) is 28.2. The third-order valence-electron chi connectivity index (χ3n) is 9.01. The number of carbonyl (C=O) groups is 2. The molecule has 7 heteroatoms. The molecule has 0 saturated carbocycles. The molecule has 2 fully saturated rings. The van der Waals surface area contributed by atoms with Gasteiger partial charge in [0.1, 0.15) is 11.4 Å². The molecule has 1 N–H and O–H groups in total. The molecule has 3 aliphatic rings. The normalized spacial score (nSPS) is 24.9. The van der Waals surface area contributed by atoms with E-state index >= 15 is 0 Å². The smallest absolute Gasteiger partial charge is 0.266 e. The van der Waals surface area contributed by atoms with Crippen molar-refractivity contribution < 1.29 is 9.59 Å². The van der Waals surface area contributed by atoms with Gasteiger partial charge in [0.25, 0.3) is 5.56 Å². The Morgan fingerprint density at radius 2 is 1.55 bits per heavy atom. The molecule has 1 aromatic heterocycles. The molecule has 4 aromatic carbocycles. The number of imide groups is 1. The number of carbonyl (C=O) groups excluding carboxylic acids is 2. The predicted octanol–water partition coefficient (Wildman–Crippen LogP) is 4.53. The maximum Gasteiger partial charge on any atom is 0.266 e. The van der Waals surface area contributed by atoms with Gasteiger partial charge in [-0.25, -0.2) is 9.88 Å². The first-order valence-corrected chi connectivity index (χ1v) is 13.7. The lowest BCUT2D eigenvalue weighted by Crippen LogP contribution is -2.51. The van der Waals surface area contributed by atoms with Crippen LogP contribution in [0.25, 0.3) is 27.4 Å². The van der Waals surface area contributed by atoms with Gasteiger partial charge in [-0.1, -0.05) is 74.5 Å². The summed E-state index contributed by atoms with van der Waals surface area (Å²) in [7, 11) is 0. The lowest BCUT2D eigenvalue weighted by atomic mass is 9.75. The van der Waals surface area contributed by atoms with Gasteiger partial charge >= 0.3 is 0 Å². The number of benzene rings is 4. The monoisotopic (exact) mass is 526 g/mol. The van der Waals surface area contributed by atoms with Crippen LogP contribution >= 0.6 is 0 Å². The topological polar surface area (TPSA) is 84.3 Å². The minimum atomic E-state index is -1.13. The summed E-state index contributed by atoms with van der Waals surface area (Å²) in [5.41, 5.74) is 1.32. The minimum Gasteiger partial charge on any atom is -0.296 e. The Bertz CT molecular complexity index is 1980. The first-order chi connectivity index (χ1) is 19.4. The maximum atomic E-state index is 14.6. The van der Waals surface area contributed by atoms with E-state index in [1.54, 1.807) is 10.6 Å². The molecule has 196 valence electrons. The molecule has 3 aliphatic heterocycles. The van der Waals surface area contributed by atoms with Gasteiger partial charge in [0.2, 0.25) is 11.8 Å². The predicted molar refractivity (Wildman–Crippen MR) is 153 cm³/mol. The van der Waals surface area contributed by atoms with Crippen molar-refractivity contribution in [1.82, 2.24) is 14.9 Å². The number of anilines is 1. The average Bonchev–Trinajstić information content (AvgIpc) is 3.56. The SMILES string of the molecule is CC(C)[C@H]1N[C@]2(c3ccccc3-n3c2nc2ccccc2c3=O)[C@H]2C(=O)N(c3ccc4ccccc4c3)C(=O)[C@@H]12. The fraction of sp³-hybridized carbons (Fsp3) is 0.212. The van der Waals surface area contributed by atoms with Crippen molar-refractivity contribution in [3.05, 3.63) is 113 Å². The van der Waals surface area contributed by atoms with Crippen molar-refractivity contribution in [3.63, 3.8) is 0 Å². The minimum absolute atomic E-state index is 0.0496. The van der Waals surface area contributed by atoms with E-state index in [1.807, 2.05) is 84.9 Å². The van der Waals surface area contributed by atoms with Crippen LogP contribution in [-0.4, -0.2) is 27.4 Å². The Balaban J connectivity index is 1.40. The van der Waals surface area contributed by atoms with Gasteiger partial charge in [0.15, 0.2) is 0 Å². The molecular formula is C33H26N4O3. The highest BCUT2D eigenvalue weighted by Gasteiger charge is 2.70. The summed E-state index contributed by atoms with van der Waals surface area (Å²) in [6.07, 6.45) is 0. The number of hydrogen-bond donors (Lipinski definition) is 1. The first kappa shape index (κ1) is 23.3. The van der Waals surface area contributed by atoms with Gasteiger partial charge in [-0.15, -0.1) is 0 Å². The highest BCUT2D eigenvalue weighted by molar-refractivity contribution is 6.23. The Hall–Kier alpha value is -4.62. The zero-order valence-corrected chi connectivity index (χ0v) is 22.0. The molecule has 2 amide bonds. The molecule has 0 radical (unpaired) electrons. The van der Waals surface area contributed by atoms with Crippen molar-refractivity contribution >= 4 is 39.2 Å². The van der Waals surface area contributed by atoms with Crippen molar-refractivity contribution in [1.29, 1.82) is 0 Å². The fourth-order valence-electron chi connectivity index (χ4n) is 7.29. The number of nitrogens with one attached hydrogen (secondary N) is 1. The van der Waals surface area contributed by atoms with Crippen LogP contribution in [-0.2, 0) is 15.1 Å². The van der Waals surface area contributed by atoms with E-state index in [0.29, 0.717) is 28.1 Å². The van der Waals surface area contributed by atoms with Crippen molar-refractivity contribution in [2.75, 3.05) is 4.90 Å². The van der Waals surface area contributed by atoms with E-state index in [4.69, 9.17) is 4.98 Å². The van der Waals surface area contributed by atoms with Crippen molar-refractivity contribution in [3.8, 4) is 5.69 Å². The quantitative estimate of drug-likeness (QED) is 0.342. The average molecular weight is 527 g/mol. The number of amides is 2. The van der Waals surface area contributed by atoms with Crippen LogP contribution < -0.4 is 15.8 Å². The zero-order chi connectivity index (χ0) is 27.3. The van der Waals surface area contributed by atoms with Gasteiger partial charge < -0.3 is 0 Å². The number of para-hydroxylation sites is 2. The molecule has 7 nitrogen and oxygen atoms in total. The second-order valence-corrected chi connectivity index (χ2v) is 11.4. The Morgan fingerprint density at radius 1 is 0.825 bits per heavy atom. The summed E-state index contributed by atoms with van der Waals surface area (Å²) in [5.74, 6) is -1.34. The van der Waals surface area contributed by atoms with E-state index in [0.717, 1.165) is 16.3 Å². The van der Waals surface area contributed by atoms with Gasteiger partial charge in [0, 0.05) is 11.6 Å². The van der Waals surface area contributed by atoms with Crippen LogP contribution in [0.2, 0.25) is 0 Å². The summed E-state index contributed by atoms with van der Waals surface area (Å²) >= 11 is 0. The molecule has 4 heterocycles. The molecule has 5 aromatic rings. The van der Waals surface area contributed by atoms with Gasteiger partial charge in [-0.3, -0.25) is 24.3 Å². The van der Waals surface area contributed by atoms with E-state index in [2.05, 4.69) is 19.2 Å². The summed E-state index contributed by atoms with van der Waals surface area (Å²) in [5, 5.41) is 6.26. The summed E-state index contributed by atoms with van der Waals surface area (Å²) < 4.78 is 1.64. The van der Waals surface area contributed by atoms with Crippen LogP contribution in [0.15, 0.2) is 95.8 Å². The second-order valence-electron chi connectivity index (χ2n) is 11.4. The standard InChI is InChI=1S/C33H26N4O3/c1-18(2)28-26-27(31(40)36(30(26)39)21-16-15-19-9-3-4-10-20(19)17-21)33(35-28)23-12-6-8-14-25(23)37-29(38)22-11-5-7-13-24(22)34-32(33)37/h3-18,26-28,35H,1-2H3/t26-,27-,28-,33-/m1/s1. The molecule has 4 atom stereocenters. The van der Waals surface area contributed by atoms with Crippen LogP contribution in [0.3, 0.4) is 0 Å². The van der Waals surface area contributed by atoms with Crippen molar-refractivity contribution in [2.24, 2.45) is 17.8 Å². The molecular weight excluding hydrogens is 500 g/mol. The maximum absolute atomic E-state index is 14.6. The number of nitrogens with zero attached hydrogens (tertiary/aromatic N) is 3. The number of aromatic nitrogens is 2. The Morgan fingerprint density at radius 3 is 2.38 bits per heavy atom. The molecule has 8 rings (SSSR count). The molecule has 2 saturated heterocycles. The van der Waals surface area contributed by atoms with E-state index in [-0.39, 0.29) is 29.3 Å². The summed E-state index contributed by atoms with van der Waals surface area (Å²) in [6.45, 7) is 4.12. The molecule has 0 bridgehead atoms. The van der Waals surface area contributed by atoms with Crippen molar-refractivity contribution in [2.45, 2.75) is 25.4 Å². The summed E-state index contributed by atoms with van der Waals surface area (Å²) in [4.78, 5) is 49.2. The van der Waals surface area contributed by atoms with E-state index < -0.39 is 17.4 Å². The van der Waals surface area contributed by atoms with Gasteiger partial charge in [0.05, 0.1) is 34.1 Å². The van der Waals surface area contributed by atoms with Crippen LogP contribution in [0, 0.1) is 17.8 Å².